The van der Waals surface area contributed by atoms with Crippen molar-refractivity contribution in [3.63, 3.8) is 0 Å². The summed E-state index contributed by atoms with van der Waals surface area (Å²) in [6.45, 7) is 2.07. The van der Waals surface area contributed by atoms with Gasteiger partial charge in [-0.1, -0.05) is 11.6 Å². The van der Waals surface area contributed by atoms with Gasteiger partial charge in [-0.25, -0.2) is 0 Å². The van der Waals surface area contributed by atoms with E-state index >= 15 is 0 Å². The summed E-state index contributed by atoms with van der Waals surface area (Å²) in [6, 6.07) is 0. The summed E-state index contributed by atoms with van der Waals surface area (Å²) in [5, 5.41) is 0.345. The topological polar surface area (TPSA) is 0 Å². The second kappa shape index (κ2) is 4.82. The molecule has 0 aromatic carbocycles. The van der Waals surface area contributed by atoms with Crippen molar-refractivity contribution in [2.24, 2.45) is 0 Å². The van der Waals surface area contributed by atoms with Crippen LogP contribution in [-0.4, -0.2) is 5.38 Å². The molecule has 1 atom stereocenters. The Morgan fingerprint density at radius 3 is 2.91 bits per heavy atom. The van der Waals surface area contributed by atoms with E-state index in [9.17, 15) is 0 Å². The molecule has 0 N–H and O–H groups in total. The molecule has 0 spiro atoms. The first kappa shape index (κ1) is 9.12. The molecule has 0 aliphatic heterocycles. The van der Waals surface area contributed by atoms with Gasteiger partial charge in [0.05, 0.1) is 0 Å². The van der Waals surface area contributed by atoms with Crippen LogP contribution in [-0.2, 0) is 0 Å². The van der Waals surface area contributed by atoms with Crippen molar-refractivity contribution in [1.29, 1.82) is 0 Å². The molecule has 1 aliphatic rings. The Labute approximate surface area is 74.6 Å². The van der Waals surface area contributed by atoms with Gasteiger partial charge in [-0.15, -0.1) is 11.6 Å². The quantitative estimate of drug-likeness (QED) is 0.448. The molecule has 0 fully saturated rings. The van der Waals surface area contributed by atoms with Gasteiger partial charge in [-0.2, -0.15) is 0 Å². The molecule has 64 valence electrons. The van der Waals surface area contributed by atoms with Crippen LogP contribution < -0.4 is 0 Å². The summed E-state index contributed by atoms with van der Waals surface area (Å²) in [6.07, 6.45) is 10.2. The van der Waals surface area contributed by atoms with E-state index in [-0.39, 0.29) is 0 Å². The van der Waals surface area contributed by atoms with Crippen molar-refractivity contribution >= 4 is 11.6 Å². The SMILES string of the molecule is CC(Cl)CCC1=CCCCC1. The molecule has 0 bridgehead atoms. The van der Waals surface area contributed by atoms with Crippen molar-refractivity contribution in [3.05, 3.63) is 11.6 Å². The van der Waals surface area contributed by atoms with Gasteiger partial charge in [-0.3, -0.25) is 0 Å². The second-order valence-corrected chi connectivity index (χ2v) is 4.17. The molecular weight excluding hydrogens is 156 g/mol. The van der Waals surface area contributed by atoms with Crippen LogP contribution in [0.1, 0.15) is 45.4 Å². The minimum absolute atomic E-state index is 0.345. The molecule has 1 rings (SSSR count). The van der Waals surface area contributed by atoms with Crippen LogP contribution >= 0.6 is 11.6 Å². The van der Waals surface area contributed by atoms with Crippen molar-refractivity contribution < 1.29 is 0 Å². The highest BCUT2D eigenvalue weighted by molar-refractivity contribution is 6.20. The summed E-state index contributed by atoms with van der Waals surface area (Å²) < 4.78 is 0. The first-order chi connectivity index (χ1) is 5.29. The third-order valence-electron chi connectivity index (χ3n) is 2.25. The van der Waals surface area contributed by atoms with Crippen LogP contribution in [0.2, 0.25) is 0 Å². The summed E-state index contributed by atoms with van der Waals surface area (Å²) in [4.78, 5) is 0. The molecular formula is C10H17Cl. The van der Waals surface area contributed by atoms with Gasteiger partial charge in [0, 0.05) is 5.38 Å². The minimum atomic E-state index is 0.345. The van der Waals surface area contributed by atoms with Crippen molar-refractivity contribution in [1.82, 2.24) is 0 Å². The number of alkyl halides is 1. The Bertz CT molecular complexity index is 136. The van der Waals surface area contributed by atoms with Crippen LogP contribution in [0.4, 0.5) is 0 Å². The predicted molar refractivity (Wildman–Crippen MR) is 51.1 cm³/mol. The number of halogens is 1. The zero-order valence-electron chi connectivity index (χ0n) is 7.28. The number of allylic oxidation sites excluding steroid dienone is 2. The van der Waals surface area contributed by atoms with Gasteiger partial charge in [0.15, 0.2) is 0 Å². The van der Waals surface area contributed by atoms with Crippen molar-refractivity contribution in [2.75, 3.05) is 0 Å². The molecule has 0 aromatic heterocycles. The molecule has 0 saturated carbocycles. The van der Waals surface area contributed by atoms with Crippen LogP contribution in [0.5, 0.6) is 0 Å². The molecule has 0 radical (unpaired) electrons. The number of hydrogen-bond donors (Lipinski definition) is 0. The highest BCUT2D eigenvalue weighted by Gasteiger charge is 2.04. The summed E-state index contributed by atoms with van der Waals surface area (Å²) in [7, 11) is 0. The maximum absolute atomic E-state index is 5.87. The summed E-state index contributed by atoms with van der Waals surface area (Å²) in [5.74, 6) is 0. The van der Waals surface area contributed by atoms with E-state index in [0.717, 1.165) is 6.42 Å². The first-order valence-electron chi connectivity index (χ1n) is 4.61. The zero-order valence-corrected chi connectivity index (χ0v) is 8.03. The van der Waals surface area contributed by atoms with Crippen LogP contribution in [0.25, 0.3) is 0 Å². The van der Waals surface area contributed by atoms with E-state index in [1.165, 1.54) is 32.1 Å². The standard InChI is InChI=1S/C10H17Cl/c1-9(11)7-8-10-5-3-2-4-6-10/h5,9H,2-4,6-8H2,1H3. The maximum atomic E-state index is 5.87. The molecule has 0 saturated heterocycles. The third-order valence-corrected chi connectivity index (χ3v) is 2.47. The molecule has 1 aliphatic carbocycles. The first-order valence-corrected chi connectivity index (χ1v) is 5.04. The summed E-state index contributed by atoms with van der Waals surface area (Å²) in [5.41, 5.74) is 1.64. The van der Waals surface area contributed by atoms with Crippen molar-refractivity contribution in [3.8, 4) is 0 Å². The fourth-order valence-corrected chi connectivity index (χ4v) is 1.63. The molecule has 0 heterocycles. The Hall–Kier alpha value is 0.0300. The molecule has 1 heteroatoms. The Kier molecular flexibility index (Phi) is 3.99. The van der Waals surface area contributed by atoms with E-state index in [2.05, 4.69) is 13.0 Å². The highest BCUT2D eigenvalue weighted by Crippen LogP contribution is 2.22. The smallest absolute Gasteiger partial charge is 0.0310 e. The Morgan fingerprint density at radius 1 is 1.55 bits per heavy atom. The van der Waals surface area contributed by atoms with E-state index in [4.69, 9.17) is 11.6 Å². The van der Waals surface area contributed by atoms with E-state index < -0.39 is 0 Å². The van der Waals surface area contributed by atoms with Gasteiger partial charge < -0.3 is 0 Å². The van der Waals surface area contributed by atoms with Gasteiger partial charge in [0.2, 0.25) is 0 Å². The normalized spacial score (nSPS) is 21.1. The lowest BCUT2D eigenvalue weighted by Crippen LogP contribution is -1.96. The predicted octanol–water partition coefficient (Wildman–Crippen LogP) is 3.89. The van der Waals surface area contributed by atoms with Gasteiger partial charge in [0.25, 0.3) is 0 Å². The fourth-order valence-electron chi connectivity index (χ4n) is 1.52. The monoisotopic (exact) mass is 172 g/mol. The Morgan fingerprint density at radius 2 is 2.36 bits per heavy atom. The van der Waals surface area contributed by atoms with Gasteiger partial charge in [-0.05, 0) is 45.4 Å². The minimum Gasteiger partial charge on any atom is -0.123 e. The third kappa shape index (κ3) is 3.81. The molecule has 0 aromatic rings. The largest absolute Gasteiger partial charge is 0.123 e. The lowest BCUT2D eigenvalue weighted by Gasteiger charge is -2.12. The lowest BCUT2D eigenvalue weighted by molar-refractivity contribution is 0.657. The second-order valence-electron chi connectivity index (χ2n) is 3.43. The van der Waals surface area contributed by atoms with Crippen LogP contribution in [0.15, 0.2) is 11.6 Å². The van der Waals surface area contributed by atoms with Crippen molar-refractivity contribution in [2.45, 2.75) is 50.8 Å². The van der Waals surface area contributed by atoms with E-state index in [1.54, 1.807) is 5.57 Å². The average Bonchev–Trinajstić information content (AvgIpc) is 2.03. The number of hydrogen-bond acceptors (Lipinski definition) is 0. The highest BCUT2D eigenvalue weighted by atomic mass is 35.5. The Balaban J connectivity index is 2.19. The maximum Gasteiger partial charge on any atom is 0.0310 e. The molecule has 0 nitrogen and oxygen atoms in total. The molecule has 0 amide bonds. The average molecular weight is 173 g/mol. The van der Waals surface area contributed by atoms with E-state index in [1.807, 2.05) is 0 Å². The summed E-state index contributed by atoms with van der Waals surface area (Å²) >= 11 is 5.87. The van der Waals surface area contributed by atoms with Gasteiger partial charge in [0.1, 0.15) is 0 Å². The fraction of sp³-hybridized carbons (Fsp3) is 0.800. The lowest BCUT2D eigenvalue weighted by atomic mass is 9.96. The molecule has 11 heavy (non-hydrogen) atoms. The number of rotatable bonds is 3. The molecule has 1 unspecified atom stereocenters. The van der Waals surface area contributed by atoms with Gasteiger partial charge >= 0.3 is 0 Å². The zero-order chi connectivity index (χ0) is 8.10. The van der Waals surface area contributed by atoms with E-state index in [0.29, 0.717) is 5.38 Å². The van der Waals surface area contributed by atoms with Crippen LogP contribution in [0.3, 0.4) is 0 Å². The van der Waals surface area contributed by atoms with Crippen LogP contribution in [0, 0.1) is 0 Å².